The Balaban J connectivity index is 1.59. The number of anilines is 1. The van der Waals surface area contributed by atoms with Crippen molar-refractivity contribution < 1.29 is 9.84 Å². The number of benzene rings is 3. The van der Waals surface area contributed by atoms with E-state index in [1.807, 2.05) is 72.8 Å². The Labute approximate surface area is 136 Å². The van der Waals surface area contributed by atoms with Gasteiger partial charge in [-0.15, -0.1) is 0 Å². The minimum Gasteiger partial charge on any atom is -0.507 e. The fourth-order valence-corrected chi connectivity index (χ4v) is 2.28. The first-order valence-electron chi connectivity index (χ1n) is 7.59. The lowest BCUT2D eigenvalue weighted by Crippen LogP contribution is -2.00. The largest absolute Gasteiger partial charge is 0.507 e. The molecule has 0 spiro atoms. The third kappa shape index (κ3) is 4.27. The van der Waals surface area contributed by atoms with Crippen molar-refractivity contribution >= 4 is 5.69 Å². The van der Waals surface area contributed by atoms with Crippen molar-refractivity contribution in [1.29, 1.82) is 0 Å². The fourth-order valence-electron chi connectivity index (χ4n) is 2.28. The van der Waals surface area contributed by atoms with E-state index < -0.39 is 0 Å². The van der Waals surface area contributed by atoms with Crippen LogP contribution in [-0.2, 0) is 13.2 Å². The highest BCUT2D eigenvalue weighted by Crippen LogP contribution is 2.25. The van der Waals surface area contributed by atoms with Gasteiger partial charge in [0.2, 0.25) is 0 Å². The molecule has 3 nitrogen and oxygen atoms in total. The summed E-state index contributed by atoms with van der Waals surface area (Å²) in [6.07, 6.45) is 0. The number of hydrogen-bond acceptors (Lipinski definition) is 3. The van der Waals surface area contributed by atoms with E-state index in [1.165, 1.54) is 0 Å². The number of ether oxygens (including phenoxy) is 1. The van der Waals surface area contributed by atoms with Gasteiger partial charge in [-0.05, 0) is 29.8 Å². The number of phenolic OH excluding ortho intramolecular Hbond substituents is 1. The lowest BCUT2D eigenvalue weighted by molar-refractivity contribution is 0.304. The first-order chi connectivity index (χ1) is 11.3. The highest BCUT2D eigenvalue weighted by Gasteiger charge is 2.04. The molecule has 23 heavy (non-hydrogen) atoms. The summed E-state index contributed by atoms with van der Waals surface area (Å²) in [5.74, 6) is 0.897. The van der Waals surface area contributed by atoms with Crippen molar-refractivity contribution in [1.82, 2.24) is 0 Å². The van der Waals surface area contributed by atoms with Crippen LogP contribution < -0.4 is 10.1 Å². The lowest BCUT2D eigenvalue weighted by atomic mass is 10.2. The maximum absolute atomic E-state index is 10.1. The average Bonchev–Trinajstić information content (AvgIpc) is 2.61. The minimum atomic E-state index is 0.235. The summed E-state index contributed by atoms with van der Waals surface area (Å²) in [7, 11) is 0. The number of aromatic hydroxyl groups is 1. The van der Waals surface area contributed by atoms with Crippen LogP contribution in [0.1, 0.15) is 11.1 Å². The smallest absolute Gasteiger partial charge is 0.124 e. The summed E-state index contributed by atoms with van der Waals surface area (Å²) in [4.78, 5) is 0. The zero-order valence-corrected chi connectivity index (χ0v) is 12.8. The summed E-state index contributed by atoms with van der Waals surface area (Å²) in [5.41, 5.74) is 2.96. The molecule has 0 radical (unpaired) electrons. The molecule has 0 saturated carbocycles. The Morgan fingerprint density at radius 3 is 2.22 bits per heavy atom. The zero-order chi connectivity index (χ0) is 15.9. The van der Waals surface area contributed by atoms with Crippen LogP contribution in [-0.4, -0.2) is 5.11 Å². The van der Waals surface area contributed by atoms with Crippen LogP contribution in [0.4, 0.5) is 5.69 Å². The maximum Gasteiger partial charge on any atom is 0.124 e. The van der Waals surface area contributed by atoms with Crippen molar-refractivity contribution in [2.75, 3.05) is 5.32 Å². The van der Waals surface area contributed by atoms with Gasteiger partial charge in [0.05, 0.1) is 0 Å². The lowest BCUT2D eigenvalue weighted by Gasteiger charge is -2.11. The Morgan fingerprint density at radius 2 is 1.52 bits per heavy atom. The van der Waals surface area contributed by atoms with Crippen LogP contribution in [0.3, 0.4) is 0 Å². The normalized spacial score (nSPS) is 10.3. The topological polar surface area (TPSA) is 41.5 Å². The molecule has 2 N–H and O–H groups in total. The van der Waals surface area contributed by atoms with Crippen LogP contribution in [0.15, 0.2) is 78.9 Å². The quantitative estimate of drug-likeness (QED) is 0.700. The molecule has 3 aromatic rings. The van der Waals surface area contributed by atoms with Crippen LogP contribution in [0.2, 0.25) is 0 Å². The summed E-state index contributed by atoms with van der Waals surface area (Å²) >= 11 is 0. The molecule has 0 unspecified atom stereocenters. The van der Waals surface area contributed by atoms with E-state index in [0.29, 0.717) is 18.9 Å². The molecule has 0 amide bonds. The summed E-state index contributed by atoms with van der Waals surface area (Å²) in [6, 6.07) is 25.3. The third-order valence-electron chi connectivity index (χ3n) is 3.56. The van der Waals surface area contributed by atoms with Gasteiger partial charge in [-0.3, -0.25) is 0 Å². The Hall–Kier alpha value is -2.94. The molecule has 0 aliphatic rings. The van der Waals surface area contributed by atoms with E-state index in [2.05, 4.69) is 5.32 Å². The highest BCUT2D eigenvalue weighted by atomic mass is 16.5. The molecule has 3 heteroatoms. The third-order valence-corrected chi connectivity index (χ3v) is 3.56. The second-order valence-corrected chi connectivity index (χ2v) is 5.28. The van der Waals surface area contributed by atoms with Crippen molar-refractivity contribution in [2.24, 2.45) is 0 Å². The monoisotopic (exact) mass is 305 g/mol. The number of hydrogen-bond donors (Lipinski definition) is 2. The van der Waals surface area contributed by atoms with Gasteiger partial charge in [-0.25, -0.2) is 0 Å². The number of para-hydroxylation sites is 1. The first-order valence-corrected chi connectivity index (χ1v) is 7.59. The van der Waals surface area contributed by atoms with Crippen molar-refractivity contribution in [3.8, 4) is 11.5 Å². The molecule has 0 saturated heterocycles. The molecular formula is C20H19NO2. The minimum absolute atomic E-state index is 0.235. The molecule has 3 rings (SSSR count). The van der Waals surface area contributed by atoms with Crippen molar-refractivity contribution in [3.63, 3.8) is 0 Å². The zero-order valence-electron chi connectivity index (χ0n) is 12.8. The molecule has 0 heterocycles. The average molecular weight is 305 g/mol. The van der Waals surface area contributed by atoms with E-state index in [-0.39, 0.29) is 5.75 Å². The highest BCUT2D eigenvalue weighted by molar-refractivity contribution is 5.46. The van der Waals surface area contributed by atoms with E-state index in [1.54, 1.807) is 6.07 Å². The van der Waals surface area contributed by atoms with Gasteiger partial charge in [0.25, 0.3) is 0 Å². The summed E-state index contributed by atoms with van der Waals surface area (Å²) in [6.45, 7) is 1.05. The number of nitrogens with one attached hydrogen (secondary N) is 1. The molecule has 0 aromatic heterocycles. The molecular weight excluding hydrogens is 286 g/mol. The summed E-state index contributed by atoms with van der Waals surface area (Å²) < 4.78 is 5.71. The van der Waals surface area contributed by atoms with Crippen molar-refractivity contribution in [3.05, 3.63) is 90.0 Å². The molecule has 116 valence electrons. The van der Waals surface area contributed by atoms with Crippen LogP contribution in [0.5, 0.6) is 11.5 Å². The van der Waals surface area contributed by atoms with Gasteiger partial charge in [0.15, 0.2) is 0 Å². The molecule has 3 aromatic carbocycles. The van der Waals surface area contributed by atoms with Gasteiger partial charge < -0.3 is 15.2 Å². The molecule has 0 aliphatic heterocycles. The van der Waals surface area contributed by atoms with Crippen molar-refractivity contribution in [2.45, 2.75) is 13.2 Å². The van der Waals surface area contributed by atoms with E-state index in [0.717, 1.165) is 16.8 Å². The van der Waals surface area contributed by atoms with Gasteiger partial charge in [-0.2, -0.15) is 0 Å². The SMILES string of the molecule is Oc1cc(OCc2ccccc2)ccc1CNc1ccccc1. The van der Waals surface area contributed by atoms with E-state index in [4.69, 9.17) is 4.74 Å². The second-order valence-electron chi connectivity index (χ2n) is 5.28. The fraction of sp³-hybridized carbons (Fsp3) is 0.100. The second kappa shape index (κ2) is 7.36. The predicted molar refractivity (Wildman–Crippen MR) is 92.6 cm³/mol. The molecule has 0 fully saturated rings. The van der Waals surface area contributed by atoms with Crippen LogP contribution in [0, 0.1) is 0 Å². The van der Waals surface area contributed by atoms with Gasteiger partial charge >= 0.3 is 0 Å². The Bertz CT molecular complexity index is 742. The predicted octanol–water partition coefficient (Wildman–Crippen LogP) is 4.58. The molecule has 0 atom stereocenters. The standard InChI is InChI=1S/C20H19NO2/c22-20-13-19(23-15-16-7-3-1-4-8-16)12-11-17(20)14-21-18-9-5-2-6-10-18/h1-13,21-22H,14-15H2. The van der Waals surface area contributed by atoms with Gasteiger partial charge in [-0.1, -0.05) is 48.5 Å². The van der Waals surface area contributed by atoms with Gasteiger partial charge in [0.1, 0.15) is 18.1 Å². The summed E-state index contributed by atoms with van der Waals surface area (Å²) in [5, 5.41) is 13.4. The van der Waals surface area contributed by atoms with Gasteiger partial charge in [0, 0.05) is 23.9 Å². The van der Waals surface area contributed by atoms with E-state index in [9.17, 15) is 5.11 Å². The van der Waals surface area contributed by atoms with E-state index >= 15 is 0 Å². The Morgan fingerprint density at radius 1 is 0.826 bits per heavy atom. The number of phenols is 1. The Kier molecular flexibility index (Phi) is 4.79. The van der Waals surface area contributed by atoms with Crippen LogP contribution in [0.25, 0.3) is 0 Å². The maximum atomic E-state index is 10.1. The van der Waals surface area contributed by atoms with Crippen LogP contribution >= 0.6 is 0 Å². The first kappa shape index (κ1) is 15.0. The molecule has 0 bridgehead atoms. The molecule has 0 aliphatic carbocycles. The number of rotatable bonds is 6.